The third kappa shape index (κ3) is 3.83. The molecular weight excluding hydrogens is 290 g/mol. The SMILES string of the molecule is CCC1CN(S(=O)(=O)c2ccc(C#CCO)cc2)CCO1. The highest BCUT2D eigenvalue weighted by molar-refractivity contribution is 7.89. The van der Waals surface area contributed by atoms with Crippen LogP contribution in [0.2, 0.25) is 0 Å². The second-order valence-electron chi connectivity index (χ2n) is 4.75. The zero-order valence-electron chi connectivity index (χ0n) is 11.9. The fourth-order valence-electron chi connectivity index (χ4n) is 2.16. The number of hydrogen-bond donors (Lipinski definition) is 1. The topological polar surface area (TPSA) is 66.8 Å². The van der Waals surface area contributed by atoms with Gasteiger partial charge < -0.3 is 9.84 Å². The van der Waals surface area contributed by atoms with Crippen molar-refractivity contribution in [3.63, 3.8) is 0 Å². The van der Waals surface area contributed by atoms with Crippen molar-refractivity contribution >= 4 is 10.0 Å². The highest BCUT2D eigenvalue weighted by Crippen LogP contribution is 2.20. The molecule has 1 saturated heterocycles. The third-order valence-corrected chi connectivity index (χ3v) is 5.24. The van der Waals surface area contributed by atoms with Gasteiger partial charge in [-0.3, -0.25) is 0 Å². The van der Waals surface area contributed by atoms with Gasteiger partial charge in [-0.15, -0.1) is 0 Å². The van der Waals surface area contributed by atoms with E-state index in [1.54, 1.807) is 24.3 Å². The summed E-state index contributed by atoms with van der Waals surface area (Å²) >= 11 is 0. The van der Waals surface area contributed by atoms with E-state index in [0.717, 1.165) is 6.42 Å². The van der Waals surface area contributed by atoms with Gasteiger partial charge in [0, 0.05) is 18.7 Å². The summed E-state index contributed by atoms with van der Waals surface area (Å²) in [4.78, 5) is 0.258. The van der Waals surface area contributed by atoms with Crippen LogP contribution >= 0.6 is 0 Å². The fourth-order valence-corrected chi connectivity index (χ4v) is 3.61. The molecule has 2 rings (SSSR count). The molecule has 1 fully saturated rings. The number of hydrogen-bond acceptors (Lipinski definition) is 4. The summed E-state index contributed by atoms with van der Waals surface area (Å²) in [5.74, 6) is 5.27. The molecule has 1 unspecified atom stereocenters. The summed E-state index contributed by atoms with van der Waals surface area (Å²) in [6, 6.07) is 6.39. The summed E-state index contributed by atoms with van der Waals surface area (Å²) < 4.78 is 32.1. The van der Waals surface area contributed by atoms with Crippen molar-refractivity contribution in [1.82, 2.24) is 4.31 Å². The van der Waals surface area contributed by atoms with Crippen molar-refractivity contribution in [2.75, 3.05) is 26.3 Å². The van der Waals surface area contributed by atoms with Crippen LogP contribution in [0.3, 0.4) is 0 Å². The Kier molecular flexibility index (Phi) is 5.37. The molecule has 0 aromatic heterocycles. The monoisotopic (exact) mass is 309 g/mol. The summed E-state index contributed by atoms with van der Waals surface area (Å²) in [5, 5.41) is 8.64. The summed E-state index contributed by atoms with van der Waals surface area (Å²) in [6.45, 7) is 2.97. The molecule has 1 heterocycles. The van der Waals surface area contributed by atoms with Gasteiger partial charge in [-0.05, 0) is 30.7 Å². The van der Waals surface area contributed by atoms with Crippen molar-refractivity contribution in [1.29, 1.82) is 0 Å². The standard InChI is InChI=1S/C15H19NO4S/c1-2-14-12-16(9-11-20-14)21(18,19)15-7-5-13(6-8-15)4-3-10-17/h5-8,14,17H,2,9-12H2,1H3. The number of nitrogens with zero attached hydrogens (tertiary/aromatic N) is 1. The van der Waals surface area contributed by atoms with Gasteiger partial charge in [0.15, 0.2) is 0 Å². The number of morpholine rings is 1. The Morgan fingerprint density at radius 3 is 2.71 bits per heavy atom. The van der Waals surface area contributed by atoms with E-state index in [2.05, 4.69) is 11.8 Å². The van der Waals surface area contributed by atoms with Crippen LogP contribution in [0.4, 0.5) is 0 Å². The van der Waals surface area contributed by atoms with Crippen LogP contribution in [0.1, 0.15) is 18.9 Å². The Hall–Kier alpha value is -1.39. The first-order chi connectivity index (χ1) is 10.1. The lowest BCUT2D eigenvalue weighted by molar-refractivity contribution is -0.00277. The Morgan fingerprint density at radius 2 is 2.10 bits per heavy atom. The molecule has 1 aliphatic heterocycles. The van der Waals surface area contributed by atoms with E-state index in [1.807, 2.05) is 6.92 Å². The van der Waals surface area contributed by atoms with Crippen molar-refractivity contribution in [3.05, 3.63) is 29.8 Å². The Bertz CT molecular complexity index is 628. The van der Waals surface area contributed by atoms with E-state index in [0.29, 0.717) is 25.3 Å². The molecule has 0 saturated carbocycles. The predicted molar refractivity (Wildman–Crippen MR) is 79.2 cm³/mol. The molecule has 1 N–H and O–H groups in total. The maximum absolute atomic E-state index is 12.6. The second-order valence-corrected chi connectivity index (χ2v) is 6.69. The van der Waals surface area contributed by atoms with Gasteiger partial charge in [0.1, 0.15) is 6.61 Å². The van der Waals surface area contributed by atoms with E-state index in [4.69, 9.17) is 9.84 Å². The van der Waals surface area contributed by atoms with E-state index in [9.17, 15) is 8.42 Å². The number of rotatable bonds is 3. The lowest BCUT2D eigenvalue weighted by atomic mass is 10.2. The van der Waals surface area contributed by atoms with Gasteiger partial charge in [0.2, 0.25) is 10.0 Å². The van der Waals surface area contributed by atoms with Gasteiger partial charge in [-0.25, -0.2) is 8.42 Å². The molecule has 1 aromatic rings. The first kappa shape index (κ1) is 16.0. The molecule has 21 heavy (non-hydrogen) atoms. The molecule has 5 nitrogen and oxygen atoms in total. The Labute approximate surface area is 125 Å². The van der Waals surface area contributed by atoms with Gasteiger partial charge in [0.25, 0.3) is 0 Å². The molecule has 1 aliphatic rings. The lowest BCUT2D eigenvalue weighted by Gasteiger charge is -2.31. The van der Waals surface area contributed by atoms with Crippen molar-refractivity contribution in [2.45, 2.75) is 24.3 Å². The van der Waals surface area contributed by atoms with Crippen LogP contribution in [-0.2, 0) is 14.8 Å². The van der Waals surface area contributed by atoms with Crippen LogP contribution in [0.15, 0.2) is 29.2 Å². The van der Waals surface area contributed by atoms with Gasteiger partial charge in [-0.2, -0.15) is 4.31 Å². The zero-order valence-corrected chi connectivity index (χ0v) is 12.8. The van der Waals surface area contributed by atoms with E-state index < -0.39 is 10.0 Å². The summed E-state index contributed by atoms with van der Waals surface area (Å²) in [6.07, 6.45) is 0.755. The van der Waals surface area contributed by atoms with E-state index >= 15 is 0 Å². The molecule has 1 aromatic carbocycles. The average Bonchev–Trinajstić information content (AvgIpc) is 2.53. The van der Waals surface area contributed by atoms with Crippen LogP contribution in [0, 0.1) is 11.8 Å². The molecule has 0 spiro atoms. The Morgan fingerprint density at radius 1 is 1.38 bits per heavy atom. The van der Waals surface area contributed by atoms with Crippen molar-refractivity contribution < 1.29 is 18.3 Å². The maximum atomic E-state index is 12.6. The quantitative estimate of drug-likeness (QED) is 0.840. The van der Waals surface area contributed by atoms with E-state index in [1.165, 1.54) is 4.31 Å². The number of aliphatic hydroxyl groups is 1. The maximum Gasteiger partial charge on any atom is 0.243 e. The first-order valence-electron chi connectivity index (χ1n) is 6.89. The van der Waals surface area contributed by atoms with Gasteiger partial charge in [0.05, 0.1) is 17.6 Å². The number of ether oxygens (including phenoxy) is 1. The lowest BCUT2D eigenvalue weighted by Crippen LogP contribution is -2.45. The highest BCUT2D eigenvalue weighted by Gasteiger charge is 2.29. The molecular formula is C15H19NO4S. The van der Waals surface area contributed by atoms with Crippen LogP contribution in [0.5, 0.6) is 0 Å². The predicted octanol–water partition coefficient (Wildman–Crippen LogP) is 0.830. The van der Waals surface area contributed by atoms with Crippen LogP contribution in [0.25, 0.3) is 0 Å². The highest BCUT2D eigenvalue weighted by atomic mass is 32.2. The Balaban J connectivity index is 2.19. The van der Waals surface area contributed by atoms with E-state index in [-0.39, 0.29) is 17.6 Å². The molecule has 1 atom stereocenters. The molecule has 0 aliphatic carbocycles. The minimum Gasteiger partial charge on any atom is -0.384 e. The zero-order chi connectivity index (χ0) is 15.3. The van der Waals surface area contributed by atoms with Gasteiger partial charge >= 0.3 is 0 Å². The fraction of sp³-hybridized carbons (Fsp3) is 0.467. The molecule has 6 heteroatoms. The molecule has 0 radical (unpaired) electrons. The third-order valence-electron chi connectivity index (χ3n) is 3.36. The summed E-state index contributed by atoms with van der Waals surface area (Å²) in [5.41, 5.74) is 0.677. The largest absolute Gasteiger partial charge is 0.384 e. The molecule has 114 valence electrons. The normalized spacial score (nSPS) is 19.8. The first-order valence-corrected chi connectivity index (χ1v) is 8.33. The average molecular weight is 309 g/mol. The van der Waals surface area contributed by atoms with Crippen molar-refractivity contribution in [3.8, 4) is 11.8 Å². The smallest absolute Gasteiger partial charge is 0.243 e. The molecule has 0 bridgehead atoms. The van der Waals surface area contributed by atoms with Gasteiger partial charge in [-0.1, -0.05) is 18.8 Å². The van der Waals surface area contributed by atoms with Crippen LogP contribution in [-0.4, -0.2) is 50.2 Å². The number of sulfonamides is 1. The van der Waals surface area contributed by atoms with Crippen LogP contribution < -0.4 is 0 Å². The van der Waals surface area contributed by atoms with Crippen molar-refractivity contribution in [2.24, 2.45) is 0 Å². The summed E-state index contributed by atoms with van der Waals surface area (Å²) in [7, 11) is -3.49. The second kappa shape index (κ2) is 7.05. The minimum atomic E-state index is -3.49. The number of benzene rings is 1. The number of aliphatic hydroxyl groups excluding tert-OH is 1. The molecule has 0 amide bonds. The minimum absolute atomic E-state index is 0.0387.